The number of rotatable bonds is 6. The molecule has 2 aliphatic heterocycles. The SMILES string of the molecule is CC1(CCC(=O)NCC2CC(c3ccccc3)NN2)CCC(=O)N1. The van der Waals surface area contributed by atoms with Crippen LogP contribution in [0.25, 0.3) is 0 Å². The average Bonchev–Trinajstić information content (AvgIpc) is 3.19. The van der Waals surface area contributed by atoms with E-state index in [1.807, 2.05) is 25.1 Å². The predicted octanol–water partition coefficient (Wildman–Crippen LogP) is 1.16. The van der Waals surface area contributed by atoms with Gasteiger partial charge in [0.05, 0.1) is 0 Å². The van der Waals surface area contributed by atoms with E-state index in [1.54, 1.807) is 0 Å². The van der Waals surface area contributed by atoms with Gasteiger partial charge in [0.15, 0.2) is 0 Å². The third-order valence-corrected chi connectivity index (χ3v) is 4.98. The minimum absolute atomic E-state index is 0.0438. The molecule has 1 aromatic rings. The van der Waals surface area contributed by atoms with Crippen molar-refractivity contribution in [3.8, 4) is 0 Å². The first kappa shape index (κ1) is 16.9. The fourth-order valence-electron chi connectivity index (χ4n) is 3.41. The molecular weight excluding hydrogens is 304 g/mol. The quantitative estimate of drug-likeness (QED) is 0.631. The highest BCUT2D eigenvalue weighted by Crippen LogP contribution is 2.24. The van der Waals surface area contributed by atoms with Crippen LogP contribution in [0.3, 0.4) is 0 Å². The maximum atomic E-state index is 12.1. The molecule has 0 bridgehead atoms. The second-order valence-corrected chi connectivity index (χ2v) is 7.10. The molecule has 6 heteroatoms. The fraction of sp³-hybridized carbons (Fsp3) is 0.556. The Morgan fingerprint density at radius 1 is 1.29 bits per heavy atom. The van der Waals surface area contributed by atoms with Gasteiger partial charge in [-0.1, -0.05) is 30.3 Å². The molecule has 2 fully saturated rings. The van der Waals surface area contributed by atoms with Gasteiger partial charge >= 0.3 is 0 Å². The van der Waals surface area contributed by atoms with Crippen LogP contribution >= 0.6 is 0 Å². The topological polar surface area (TPSA) is 82.3 Å². The average molecular weight is 330 g/mol. The van der Waals surface area contributed by atoms with E-state index in [1.165, 1.54) is 5.56 Å². The molecule has 0 saturated carbocycles. The van der Waals surface area contributed by atoms with Crippen molar-refractivity contribution in [2.75, 3.05) is 6.54 Å². The van der Waals surface area contributed by atoms with Gasteiger partial charge in [0, 0.05) is 37.0 Å². The molecule has 3 rings (SSSR count). The van der Waals surface area contributed by atoms with Gasteiger partial charge in [0.1, 0.15) is 0 Å². The number of nitrogens with one attached hydrogen (secondary N) is 4. The maximum absolute atomic E-state index is 12.1. The second-order valence-electron chi connectivity index (χ2n) is 7.10. The lowest BCUT2D eigenvalue weighted by Crippen LogP contribution is -2.42. The zero-order valence-electron chi connectivity index (χ0n) is 14.1. The molecule has 2 heterocycles. The molecule has 2 aliphatic rings. The Morgan fingerprint density at radius 2 is 2.08 bits per heavy atom. The van der Waals surface area contributed by atoms with Gasteiger partial charge in [-0.3, -0.25) is 15.0 Å². The van der Waals surface area contributed by atoms with Crippen molar-refractivity contribution in [1.29, 1.82) is 0 Å². The number of hydrogen-bond donors (Lipinski definition) is 4. The standard InChI is InChI=1S/C18H26N4O2/c1-18(10-8-17(24)20-18)9-7-16(23)19-12-14-11-15(22-21-14)13-5-3-2-4-6-13/h2-6,14-15,21-22H,7-12H2,1H3,(H,19,23)(H,20,24). The summed E-state index contributed by atoms with van der Waals surface area (Å²) in [6.45, 7) is 2.62. The minimum Gasteiger partial charge on any atom is -0.354 e. The van der Waals surface area contributed by atoms with Crippen LogP contribution in [0.5, 0.6) is 0 Å². The summed E-state index contributed by atoms with van der Waals surface area (Å²) in [5.74, 6) is 0.133. The molecule has 3 unspecified atom stereocenters. The number of amides is 2. The number of carbonyl (C=O) groups is 2. The molecule has 6 nitrogen and oxygen atoms in total. The van der Waals surface area contributed by atoms with Crippen molar-refractivity contribution >= 4 is 11.8 Å². The third kappa shape index (κ3) is 4.33. The summed E-state index contributed by atoms with van der Waals surface area (Å²) in [6, 6.07) is 10.8. The molecule has 1 aromatic carbocycles. The van der Waals surface area contributed by atoms with E-state index in [9.17, 15) is 9.59 Å². The Balaban J connectivity index is 1.37. The van der Waals surface area contributed by atoms with Gasteiger partial charge < -0.3 is 10.6 Å². The molecule has 24 heavy (non-hydrogen) atoms. The van der Waals surface area contributed by atoms with E-state index in [0.717, 1.165) is 12.8 Å². The van der Waals surface area contributed by atoms with Gasteiger partial charge in [-0.2, -0.15) is 0 Å². The summed E-state index contributed by atoms with van der Waals surface area (Å²) in [6.07, 6.45) is 3.45. The van der Waals surface area contributed by atoms with Gasteiger partial charge in [-0.05, 0) is 31.7 Å². The highest BCUT2D eigenvalue weighted by atomic mass is 16.2. The lowest BCUT2D eigenvalue weighted by atomic mass is 9.94. The molecule has 0 radical (unpaired) electrons. The maximum Gasteiger partial charge on any atom is 0.220 e. The van der Waals surface area contributed by atoms with Gasteiger partial charge in [0.25, 0.3) is 0 Å². The monoisotopic (exact) mass is 330 g/mol. The first-order valence-corrected chi connectivity index (χ1v) is 8.68. The molecular formula is C18H26N4O2. The van der Waals surface area contributed by atoms with Crippen LogP contribution < -0.4 is 21.5 Å². The van der Waals surface area contributed by atoms with E-state index in [4.69, 9.17) is 0 Å². The van der Waals surface area contributed by atoms with Gasteiger partial charge in [-0.25, -0.2) is 5.43 Å². The van der Waals surface area contributed by atoms with E-state index < -0.39 is 0 Å². The molecule has 2 amide bonds. The van der Waals surface area contributed by atoms with Crippen molar-refractivity contribution in [2.45, 2.75) is 56.7 Å². The number of hydrazine groups is 1. The molecule has 130 valence electrons. The van der Waals surface area contributed by atoms with Crippen LogP contribution in [-0.2, 0) is 9.59 Å². The molecule has 2 saturated heterocycles. The number of hydrogen-bond acceptors (Lipinski definition) is 4. The smallest absolute Gasteiger partial charge is 0.220 e. The largest absolute Gasteiger partial charge is 0.354 e. The van der Waals surface area contributed by atoms with Crippen molar-refractivity contribution in [3.05, 3.63) is 35.9 Å². The van der Waals surface area contributed by atoms with Crippen molar-refractivity contribution in [2.24, 2.45) is 0 Å². The predicted molar refractivity (Wildman–Crippen MR) is 91.9 cm³/mol. The van der Waals surface area contributed by atoms with Crippen molar-refractivity contribution in [1.82, 2.24) is 21.5 Å². The van der Waals surface area contributed by atoms with Crippen LogP contribution in [-0.4, -0.2) is 29.9 Å². The van der Waals surface area contributed by atoms with Gasteiger partial charge in [0.2, 0.25) is 11.8 Å². The zero-order valence-corrected chi connectivity index (χ0v) is 14.1. The molecule has 0 aliphatic carbocycles. The van der Waals surface area contributed by atoms with Crippen LogP contribution in [0.15, 0.2) is 30.3 Å². The van der Waals surface area contributed by atoms with Crippen LogP contribution in [0.1, 0.15) is 50.6 Å². The van der Waals surface area contributed by atoms with Crippen molar-refractivity contribution in [3.63, 3.8) is 0 Å². The number of carbonyl (C=O) groups excluding carboxylic acids is 2. The second kappa shape index (κ2) is 7.32. The first-order valence-electron chi connectivity index (χ1n) is 8.68. The van der Waals surface area contributed by atoms with Gasteiger partial charge in [-0.15, -0.1) is 0 Å². The minimum atomic E-state index is -0.222. The van der Waals surface area contributed by atoms with E-state index in [2.05, 4.69) is 33.6 Å². The fourth-order valence-corrected chi connectivity index (χ4v) is 3.41. The summed E-state index contributed by atoms with van der Waals surface area (Å²) in [7, 11) is 0. The molecule has 0 spiro atoms. The molecule has 3 atom stereocenters. The lowest BCUT2D eigenvalue weighted by Gasteiger charge is -2.23. The molecule has 4 N–H and O–H groups in total. The van der Waals surface area contributed by atoms with Crippen LogP contribution in [0.2, 0.25) is 0 Å². The summed E-state index contributed by atoms with van der Waals surface area (Å²) in [5.41, 5.74) is 7.57. The van der Waals surface area contributed by atoms with E-state index in [0.29, 0.717) is 25.8 Å². The van der Waals surface area contributed by atoms with Crippen molar-refractivity contribution < 1.29 is 9.59 Å². The lowest BCUT2D eigenvalue weighted by molar-refractivity contribution is -0.122. The normalized spacial score (nSPS) is 29.5. The molecule has 0 aromatic heterocycles. The summed E-state index contributed by atoms with van der Waals surface area (Å²) >= 11 is 0. The highest BCUT2D eigenvalue weighted by molar-refractivity contribution is 5.80. The summed E-state index contributed by atoms with van der Waals surface area (Å²) in [5, 5.41) is 5.96. The Hall–Kier alpha value is -1.92. The van der Waals surface area contributed by atoms with E-state index >= 15 is 0 Å². The summed E-state index contributed by atoms with van der Waals surface area (Å²) < 4.78 is 0. The summed E-state index contributed by atoms with van der Waals surface area (Å²) in [4.78, 5) is 23.4. The zero-order chi connectivity index (χ0) is 17.0. The Labute approximate surface area is 142 Å². The van der Waals surface area contributed by atoms with Crippen LogP contribution in [0, 0.1) is 0 Å². The first-order chi connectivity index (χ1) is 11.5. The Kier molecular flexibility index (Phi) is 5.16. The Morgan fingerprint density at radius 3 is 2.79 bits per heavy atom. The van der Waals surface area contributed by atoms with Crippen LogP contribution in [0.4, 0.5) is 0 Å². The third-order valence-electron chi connectivity index (χ3n) is 4.98. The highest BCUT2D eigenvalue weighted by Gasteiger charge is 2.33. The van der Waals surface area contributed by atoms with E-state index in [-0.39, 0.29) is 29.4 Å². The number of benzene rings is 1. The Bertz CT molecular complexity index is 592.